The van der Waals surface area contributed by atoms with Crippen LogP contribution in [0.15, 0.2) is 79.3 Å². The van der Waals surface area contributed by atoms with Crippen molar-refractivity contribution in [1.82, 2.24) is 19.4 Å². The van der Waals surface area contributed by atoms with Crippen LogP contribution in [0.4, 0.5) is 13.2 Å². The van der Waals surface area contributed by atoms with Crippen LogP contribution in [-0.4, -0.2) is 19.4 Å². The Morgan fingerprint density at radius 2 is 1.19 bits per heavy atom. The van der Waals surface area contributed by atoms with Crippen molar-refractivity contribution in [3.8, 4) is 0 Å². The summed E-state index contributed by atoms with van der Waals surface area (Å²) in [5, 5.41) is 8.33. The summed E-state index contributed by atoms with van der Waals surface area (Å²) in [6.07, 6.45) is 7.35. The highest BCUT2D eigenvalue weighted by Crippen LogP contribution is 2.26. The molecule has 0 spiro atoms. The molecule has 0 bridgehead atoms. The maximum Gasteiger partial charge on any atom is 0.441 e. The second-order valence-electron chi connectivity index (χ2n) is 11.5. The molecule has 1 aliphatic carbocycles. The lowest BCUT2D eigenvalue weighted by Crippen LogP contribution is -2.24. The maximum atomic E-state index is 13.8. The van der Waals surface area contributed by atoms with E-state index >= 15 is 0 Å². The van der Waals surface area contributed by atoms with E-state index in [0.29, 0.717) is 58.1 Å². The summed E-state index contributed by atoms with van der Waals surface area (Å²) < 4.78 is 53.1. The number of hydrogen-bond acceptors (Lipinski definition) is 6. The summed E-state index contributed by atoms with van der Waals surface area (Å²) in [6.45, 7) is 0.839. The quantitative estimate of drug-likeness (QED) is 0.150. The van der Waals surface area contributed by atoms with Crippen molar-refractivity contribution in [2.24, 2.45) is 5.92 Å². The molecule has 0 N–H and O–H groups in total. The highest BCUT2D eigenvalue weighted by molar-refractivity contribution is 6.31. The van der Waals surface area contributed by atoms with Crippen LogP contribution < -0.4 is 11.5 Å². The van der Waals surface area contributed by atoms with Crippen molar-refractivity contribution in [3.63, 3.8) is 0 Å². The topological polar surface area (TPSA) is 96.1 Å². The lowest BCUT2D eigenvalue weighted by Gasteiger charge is -2.21. The zero-order chi connectivity index (χ0) is 33.3. The SMILES string of the molecule is O=c1onc(CCc2c(F)cccc2Cl)n1CC1CCCCC1.O=c1onc(CCc2c(F)cccc2Cl)n1Cc1ccc(F)cc1. The molecular weight excluding hydrogens is 656 g/mol. The molecule has 3 aromatic carbocycles. The Labute approximate surface area is 278 Å². The summed E-state index contributed by atoms with van der Waals surface area (Å²) in [4.78, 5) is 23.7. The van der Waals surface area contributed by atoms with Crippen LogP contribution in [0.1, 0.15) is 60.4 Å². The van der Waals surface area contributed by atoms with Crippen molar-refractivity contribution in [1.29, 1.82) is 0 Å². The largest absolute Gasteiger partial charge is 0.441 e. The Morgan fingerprint density at radius 3 is 1.72 bits per heavy atom. The van der Waals surface area contributed by atoms with E-state index in [0.717, 1.165) is 18.4 Å². The van der Waals surface area contributed by atoms with Crippen LogP contribution in [0.25, 0.3) is 0 Å². The van der Waals surface area contributed by atoms with Gasteiger partial charge in [-0.2, -0.15) is 0 Å². The summed E-state index contributed by atoms with van der Waals surface area (Å²) in [5.41, 5.74) is 1.55. The molecule has 1 fully saturated rings. The van der Waals surface area contributed by atoms with Crippen molar-refractivity contribution < 1.29 is 22.2 Å². The Kier molecular flexibility index (Phi) is 11.8. The first kappa shape index (κ1) is 34.3. The molecule has 6 rings (SSSR count). The number of benzene rings is 3. The third kappa shape index (κ3) is 9.04. The minimum Gasteiger partial charge on any atom is -0.296 e. The number of rotatable bonds is 10. The van der Waals surface area contributed by atoms with E-state index in [1.165, 1.54) is 54.2 Å². The summed E-state index contributed by atoms with van der Waals surface area (Å²) in [6, 6.07) is 14.9. The van der Waals surface area contributed by atoms with Gasteiger partial charge in [0.1, 0.15) is 17.5 Å². The normalized spacial score (nSPS) is 13.4. The van der Waals surface area contributed by atoms with Crippen LogP contribution in [0, 0.1) is 23.4 Å². The fourth-order valence-corrected chi connectivity index (χ4v) is 6.22. The Bertz CT molecular complexity index is 1860. The molecule has 0 atom stereocenters. The third-order valence-electron chi connectivity index (χ3n) is 8.26. The van der Waals surface area contributed by atoms with Crippen molar-refractivity contribution in [2.45, 2.75) is 70.9 Å². The molecular formula is C34H33Cl2F3N4O4. The van der Waals surface area contributed by atoms with Crippen molar-refractivity contribution >= 4 is 23.2 Å². The third-order valence-corrected chi connectivity index (χ3v) is 8.97. The summed E-state index contributed by atoms with van der Waals surface area (Å²) in [5.74, 6) is -0.689. The minimum absolute atomic E-state index is 0.197. The van der Waals surface area contributed by atoms with Gasteiger partial charge in [0.2, 0.25) is 0 Å². The first-order chi connectivity index (χ1) is 22.7. The van der Waals surface area contributed by atoms with Gasteiger partial charge in [-0.15, -0.1) is 0 Å². The predicted molar refractivity (Wildman–Crippen MR) is 171 cm³/mol. The number of nitrogens with zero attached hydrogens (tertiary/aromatic N) is 4. The summed E-state index contributed by atoms with van der Waals surface area (Å²) >= 11 is 12.0. The standard InChI is InChI=1S/C17H13ClF2N2O2.C17H20ClFN2O2/c18-14-2-1-3-15(20)13(14)8-9-16-21-24-17(23)22(16)10-11-4-6-12(19)7-5-11;18-14-7-4-8-15(19)13(14)9-10-16-20-23-17(22)21(16)11-12-5-2-1-3-6-12/h1-7H,8-10H2;4,7-8,12H,1-3,5-6,9-11H2. The van der Waals surface area contributed by atoms with Gasteiger partial charge in [-0.05, 0) is 73.6 Å². The van der Waals surface area contributed by atoms with Gasteiger partial charge in [0.05, 0.1) is 6.54 Å². The zero-order valence-corrected chi connectivity index (χ0v) is 27.0. The Balaban J connectivity index is 0.000000185. The van der Waals surface area contributed by atoms with E-state index in [9.17, 15) is 22.8 Å². The average molecular weight is 690 g/mol. The van der Waals surface area contributed by atoms with E-state index in [-0.39, 0.29) is 31.0 Å². The molecule has 0 amide bonds. The molecule has 0 unspecified atom stereocenters. The van der Waals surface area contributed by atoms with Crippen LogP contribution >= 0.6 is 23.2 Å². The van der Waals surface area contributed by atoms with E-state index in [1.807, 2.05) is 0 Å². The molecule has 248 valence electrons. The molecule has 0 radical (unpaired) electrons. The highest BCUT2D eigenvalue weighted by Gasteiger charge is 2.20. The van der Waals surface area contributed by atoms with Crippen LogP contribution in [0.5, 0.6) is 0 Å². The fraction of sp³-hybridized carbons (Fsp3) is 0.353. The second-order valence-corrected chi connectivity index (χ2v) is 12.3. The molecule has 1 aliphatic rings. The number of aromatic nitrogens is 4. The Morgan fingerprint density at radius 1 is 0.681 bits per heavy atom. The van der Waals surface area contributed by atoms with E-state index in [4.69, 9.17) is 32.2 Å². The van der Waals surface area contributed by atoms with E-state index < -0.39 is 17.3 Å². The highest BCUT2D eigenvalue weighted by atomic mass is 35.5. The molecule has 5 aromatic rings. The first-order valence-corrected chi connectivity index (χ1v) is 16.2. The Hall–Kier alpha value is -4.09. The van der Waals surface area contributed by atoms with Crippen LogP contribution in [0.2, 0.25) is 10.0 Å². The summed E-state index contributed by atoms with van der Waals surface area (Å²) in [7, 11) is 0. The number of halogens is 5. The number of hydrogen-bond donors (Lipinski definition) is 0. The lowest BCUT2D eigenvalue weighted by molar-refractivity contribution is 0.303. The molecule has 13 heteroatoms. The lowest BCUT2D eigenvalue weighted by atomic mass is 9.89. The fourth-order valence-electron chi connectivity index (χ4n) is 5.70. The molecule has 1 saturated carbocycles. The van der Waals surface area contributed by atoms with Gasteiger partial charge < -0.3 is 0 Å². The van der Waals surface area contributed by atoms with Crippen LogP contribution in [-0.2, 0) is 38.8 Å². The van der Waals surface area contributed by atoms with Gasteiger partial charge in [-0.3, -0.25) is 18.2 Å². The van der Waals surface area contributed by atoms with Gasteiger partial charge in [-0.1, -0.05) is 77.0 Å². The predicted octanol–water partition coefficient (Wildman–Crippen LogP) is 7.60. The molecule has 0 aliphatic heterocycles. The van der Waals surface area contributed by atoms with Gasteiger partial charge in [0.25, 0.3) is 0 Å². The van der Waals surface area contributed by atoms with E-state index in [1.54, 1.807) is 34.9 Å². The monoisotopic (exact) mass is 688 g/mol. The van der Waals surface area contributed by atoms with Gasteiger partial charge >= 0.3 is 11.5 Å². The van der Waals surface area contributed by atoms with Crippen LogP contribution in [0.3, 0.4) is 0 Å². The average Bonchev–Trinajstić information content (AvgIpc) is 3.59. The zero-order valence-electron chi connectivity index (χ0n) is 25.4. The van der Waals surface area contributed by atoms with E-state index in [2.05, 4.69) is 10.3 Å². The molecule has 0 saturated heterocycles. The molecule has 2 heterocycles. The second kappa shape index (κ2) is 16.1. The molecule has 2 aromatic heterocycles. The van der Waals surface area contributed by atoms with Crippen molar-refractivity contribution in [2.75, 3.05) is 0 Å². The maximum absolute atomic E-state index is 13.8. The first-order valence-electron chi connectivity index (χ1n) is 15.4. The molecule has 8 nitrogen and oxygen atoms in total. The number of aryl methyl sites for hydroxylation is 2. The smallest absolute Gasteiger partial charge is 0.296 e. The molecule has 47 heavy (non-hydrogen) atoms. The van der Waals surface area contributed by atoms with Crippen molar-refractivity contribution in [3.05, 3.63) is 138 Å². The minimum atomic E-state index is -0.617. The van der Waals surface area contributed by atoms with Gasteiger partial charge in [0.15, 0.2) is 11.6 Å². The van der Waals surface area contributed by atoms with Gasteiger partial charge in [0, 0.05) is 40.6 Å². The van der Waals surface area contributed by atoms with Gasteiger partial charge in [-0.25, -0.2) is 22.8 Å².